The van der Waals surface area contributed by atoms with Crippen molar-refractivity contribution in [2.75, 3.05) is 24.3 Å². The number of hydrogen-bond acceptors (Lipinski definition) is 5. The second-order valence-corrected chi connectivity index (χ2v) is 6.72. The average Bonchev–Trinajstić information content (AvgIpc) is 2.66. The van der Waals surface area contributed by atoms with Gasteiger partial charge in [0.1, 0.15) is 13.2 Å². The van der Waals surface area contributed by atoms with Crippen molar-refractivity contribution in [1.29, 1.82) is 0 Å². The number of urea groups is 1. The summed E-state index contributed by atoms with van der Waals surface area (Å²) in [6.45, 7) is 0.839. The summed E-state index contributed by atoms with van der Waals surface area (Å²) < 4.78 is 48.9. The van der Waals surface area contributed by atoms with Crippen LogP contribution in [0.1, 0.15) is 5.56 Å². The van der Waals surface area contributed by atoms with Crippen molar-refractivity contribution in [1.82, 2.24) is 5.32 Å². The second-order valence-electron chi connectivity index (χ2n) is 5.68. The molecule has 0 bridgehead atoms. The molecule has 1 aliphatic rings. The summed E-state index contributed by atoms with van der Waals surface area (Å²) >= 11 is 0.897. The van der Waals surface area contributed by atoms with E-state index in [0.717, 1.165) is 23.9 Å². The maximum absolute atomic E-state index is 12.7. The molecule has 28 heavy (non-hydrogen) atoms. The molecule has 2 aromatic carbocycles. The van der Waals surface area contributed by atoms with Gasteiger partial charge in [-0.25, -0.2) is 4.79 Å². The Morgan fingerprint density at radius 3 is 2.54 bits per heavy atom. The molecule has 0 aliphatic carbocycles. The molecule has 0 radical (unpaired) electrons. The van der Waals surface area contributed by atoms with Crippen LogP contribution in [0.3, 0.4) is 0 Å². The highest BCUT2D eigenvalue weighted by Gasteiger charge is 2.30. The minimum absolute atomic E-state index is 0.212. The van der Waals surface area contributed by atoms with E-state index in [1.807, 2.05) is 0 Å². The lowest BCUT2D eigenvalue weighted by molar-refractivity contribution is -0.137. The summed E-state index contributed by atoms with van der Waals surface area (Å²) in [5.74, 6) is 0.189. The monoisotopic (exact) mass is 412 g/mol. The van der Waals surface area contributed by atoms with E-state index in [0.29, 0.717) is 30.4 Å². The Bertz CT molecular complexity index is 889. The predicted molar refractivity (Wildman–Crippen MR) is 96.8 cm³/mol. The highest BCUT2D eigenvalue weighted by atomic mass is 32.2. The normalized spacial score (nSPS) is 13.0. The molecule has 2 N–H and O–H groups in total. The summed E-state index contributed by atoms with van der Waals surface area (Å²) in [5, 5.41) is 4.61. The average molecular weight is 412 g/mol. The summed E-state index contributed by atoms with van der Waals surface area (Å²) in [5.41, 5.74) is -0.394. The van der Waals surface area contributed by atoms with Crippen molar-refractivity contribution in [2.45, 2.75) is 11.1 Å². The van der Waals surface area contributed by atoms with Crippen LogP contribution in [0, 0.1) is 0 Å². The van der Waals surface area contributed by atoms with E-state index in [2.05, 4.69) is 10.6 Å². The van der Waals surface area contributed by atoms with Gasteiger partial charge in [-0.3, -0.25) is 10.1 Å². The molecule has 3 rings (SSSR count). The minimum atomic E-state index is -4.46. The number of nitrogens with one attached hydrogen (secondary N) is 2. The summed E-state index contributed by atoms with van der Waals surface area (Å²) in [7, 11) is 0. The van der Waals surface area contributed by atoms with Gasteiger partial charge in [-0.1, -0.05) is 6.07 Å². The highest BCUT2D eigenvalue weighted by molar-refractivity contribution is 8.00. The number of anilines is 1. The summed E-state index contributed by atoms with van der Waals surface area (Å²) in [4.78, 5) is 24.1. The number of hydrogen-bond donors (Lipinski definition) is 2. The number of rotatable bonds is 4. The van der Waals surface area contributed by atoms with Gasteiger partial charge in [0.25, 0.3) is 0 Å². The Labute approximate surface area is 162 Å². The number of imide groups is 1. The first kappa shape index (κ1) is 19.9. The Morgan fingerprint density at radius 1 is 1.04 bits per heavy atom. The second kappa shape index (κ2) is 8.42. The van der Waals surface area contributed by atoms with Gasteiger partial charge in [-0.2, -0.15) is 13.2 Å². The minimum Gasteiger partial charge on any atom is -0.486 e. The van der Waals surface area contributed by atoms with Crippen LogP contribution < -0.4 is 20.1 Å². The molecule has 10 heteroatoms. The highest BCUT2D eigenvalue weighted by Crippen LogP contribution is 2.33. The maximum atomic E-state index is 12.7. The summed E-state index contributed by atoms with van der Waals surface area (Å²) in [6.07, 6.45) is -4.46. The molecule has 0 saturated heterocycles. The smallest absolute Gasteiger partial charge is 0.416 e. The lowest BCUT2D eigenvalue weighted by atomic mass is 10.2. The fourth-order valence-electron chi connectivity index (χ4n) is 2.36. The van der Waals surface area contributed by atoms with Gasteiger partial charge in [-0.05, 0) is 30.3 Å². The molecular weight excluding hydrogens is 397 g/mol. The van der Waals surface area contributed by atoms with Crippen LogP contribution in [-0.2, 0) is 11.0 Å². The zero-order valence-electron chi connectivity index (χ0n) is 14.3. The first-order valence-electron chi connectivity index (χ1n) is 8.12. The number of ether oxygens (including phenoxy) is 2. The molecule has 6 nitrogen and oxygen atoms in total. The van der Waals surface area contributed by atoms with Crippen LogP contribution in [0.25, 0.3) is 0 Å². The molecule has 0 saturated carbocycles. The predicted octanol–water partition coefficient (Wildman–Crippen LogP) is 3.92. The van der Waals surface area contributed by atoms with Crippen molar-refractivity contribution in [3.05, 3.63) is 48.0 Å². The third-order valence-electron chi connectivity index (χ3n) is 3.58. The van der Waals surface area contributed by atoms with Crippen LogP contribution >= 0.6 is 11.8 Å². The van der Waals surface area contributed by atoms with Crippen molar-refractivity contribution in [2.24, 2.45) is 0 Å². The van der Waals surface area contributed by atoms with Crippen LogP contribution in [0.2, 0.25) is 0 Å². The molecule has 0 aromatic heterocycles. The Kier molecular flexibility index (Phi) is 5.98. The molecular formula is C18H15F3N2O4S. The van der Waals surface area contributed by atoms with Crippen LogP contribution in [0.15, 0.2) is 47.4 Å². The zero-order valence-corrected chi connectivity index (χ0v) is 15.2. The fraction of sp³-hybridized carbons (Fsp3) is 0.222. The fourth-order valence-corrected chi connectivity index (χ4v) is 3.11. The molecule has 0 spiro atoms. The number of alkyl halides is 3. The number of fused-ring (bicyclic) bond motifs is 1. The SMILES string of the molecule is O=C(CSc1cccc(C(F)(F)F)c1)NC(=O)Nc1ccc2c(c1)OCCO2. The van der Waals surface area contributed by atoms with Crippen LogP contribution in [0.5, 0.6) is 11.5 Å². The van der Waals surface area contributed by atoms with E-state index in [4.69, 9.17) is 9.47 Å². The van der Waals surface area contributed by atoms with E-state index in [9.17, 15) is 22.8 Å². The van der Waals surface area contributed by atoms with E-state index < -0.39 is 23.7 Å². The third-order valence-corrected chi connectivity index (χ3v) is 4.58. The lowest BCUT2D eigenvalue weighted by Gasteiger charge is -2.19. The van der Waals surface area contributed by atoms with Gasteiger partial charge in [0.15, 0.2) is 11.5 Å². The van der Waals surface area contributed by atoms with E-state index in [1.54, 1.807) is 18.2 Å². The van der Waals surface area contributed by atoms with Gasteiger partial charge in [-0.15, -0.1) is 11.8 Å². The molecule has 2 aromatic rings. The van der Waals surface area contributed by atoms with Gasteiger partial charge in [0.05, 0.1) is 11.3 Å². The largest absolute Gasteiger partial charge is 0.486 e. The van der Waals surface area contributed by atoms with Crippen molar-refractivity contribution >= 4 is 29.4 Å². The zero-order chi connectivity index (χ0) is 20.1. The van der Waals surface area contributed by atoms with Crippen molar-refractivity contribution < 1.29 is 32.2 Å². The Balaban J connectivity index is 1.50. The molecule has 3 amide bonds. The topological polar surface area (TPSA) is 76.7 Å². The number of benzene rings is 2. The molecule has 1 aliphatic heterocycles. The van der Waals surface area contributed by atoms with Gasteiger partial charge < -0.3 is 14.8 Å². The molecule has 0 unspecified atom stereocenters. The number of halogens is 3. The van der Waals surface area contributed by atoms with E-state index in [1.165, 1.54) is 12.1 Å². The van der Waals surface area contributed by atoms with E-state index in [-0.39, 0.29) is 10.6 Å². The molecule has 1 heterocycles. The van der Waals surface area contributed by atoms with Gasteiger partial charge >= 0.3 is 12.2 Å². The van der Waals surface area contributed by atoms with Gasteiger partial charge in [0.2, 0.25) is 5.91 Å². The first-order chi connectivity index (χ1) is 13.3. The maximum Gasteiger partial charge on any atom is 0.416 e. The standard InChI is InChI=1S/C18H15F3N2O4S/c19-18(20,21)11-2-1-3-13(8-11)28-10-16(24)23-17(25)22-12-4-5-14-15(9-12)27-7-6-26-14/h1-5,8-9H,6-7,10H2,(H2,22,23,24,25). The summed E-state index contributed by atoms with van der Waals surface area (Å²) in [6, 6.07) is 8.66. The number of carbonyl (C=O) groups excluding carboxylic acids is 2. The van der Waals surface area contributed by atoms with Crippen molar-refractivity contribution in [3.63, 3.8) is 0 Å². The lowest BCUT2D eigenvalue weighted by Crippen LogP contribution is -2.35. The van der Waals surface area contributed by atoms with Gasteiger partial charge in [0, 0.05) is 16.6 Å². The van der Waals surface area contributed by atoms with Crippen molar-refractivity contribution in [3.8, 4) is 11.5 Å². The molecule has 0 atom stereocenters. The molecule has 0 fully saturated rings. The Hall–Kier alpha value is -2.88. The third kappa shape index (κ3) is 5.32. The quantitative estimate of drug-likeness (QED) is 0.745. The first-order valence-corrected chi connectivity index (χ1v) is 9.10. The number of thioether (sulfide) groups is 1. The number of carbonyl (C=O) groups is 2. The Morgan fingerprint density at radius 2 is 1.79 bits per heavy atom. The van der Waals surface area contributed by atoms with E-state index >= 15 is 0 Å². The van der Waals surface area contributed by atoms with Crippen LogP contribution in [0.4, 0.5) is 23.7 Å². The van der Waals surface area contributed by atoms with Crippen LogP contribution in [-0.4, -0.2) is 30.9 Å². The number of amides is 3. The molecule has 148 valence electrons.